The average Bonchev–Trinajstić information content (AvgIpc) is 2.49. The van der Waals surface area contributed by atoms with Gasteiger partial charge in [-0.25, -0.2) is 0 Å². The maximum absolute atomic E-state index is 5.99. The summed E-state index contributed by atoms with van der Waals surface area (Å²) in [5, 5.41) is 0. The monoisotopic (exact) mass is 250 g/mol. The van der Waals surface area contributed by atoms with Crippen molar-refractivity contribution in [2.75, 3.05) is 6.61 Å². The van der Waals surface area contributed by atoms with Crippen molar-refractivity contribution in [3.63, 3.8) is 0 Å². The first kappa shape index (κ1) is 12.0. The van der Waals surface area contributed by atoms with Crippen molar-refractivity contribution in [2.24, 2.45) is 0 Å². The van der Waals surface area contributed by atoms with Crippen LogP contribution in [0.5, 0.6) is 0 Å². The van der Waals surface area contributed by atoms with Crippen molar-refractivity contribution in [2.45, 2.75) is 19.8 Å². The van der Waals surface area contributed by atoms with Gasteiger partial charge in [-0.05, 0) is 30.9 Å². The summed E-state index contributed by atoms with van der Waals surface area (Å²) in [4.78, 5) is 0. The molecule has 0 aliphatic carbocycles. The summed E-state index contributed by atoms with van der Waals surface area (Å²) in [5.74, 6) is 1.07. The molecular weight excluding hydrogens is 232 g/mol. The lowest BCUT2D eigenvalue weighted by Gasteiger charge is -2.23. The summed E-state index contributed by atoms with van der Waals surface area (Å²) >= 11 is 0. The average molecular weight is 250 g/mol. The van der Waals surface area contributed by atoms with Gasteiger partial charge in [0.1, 0.15) is 5.76 Å². The summed E-state index contributed by atoms with van der Waals surface area (Å²) in [6.45, 7) is 2.96. The zero-order chi connectivity index (χ0) is 13.1. The smallest absolute Gasteiger partial charge is 0.130 e. The lowest BCUT2D eigenvalue weighted by Crippen LogP contribution is -2.06. The van der Waals surface area contributed by atoms with Crippen molar-refractivity contribution >= 4 is 11.3 Å². The van der Waals surface area contributed by atoms with Gasteiger partial charge in [0.15, 0.2) is 0 Å². The fourth-order valence-electron chi connectivity index (χ4n) is 2.61. The molecule has 1 aliphatic heterocycles. The van der Waals surface area contributed by atoms with E-state index in [4.69, 9.17) is 4.74 Å². The van der Waals surface area contributed by atoms with Crippen molar-refractivity contribution in [1.82, 2.24) is 0 Å². The van der Waals surface area contributed by atoms with Gasteiger partial charge in [0.2, 0.25) is 0 Å². The van der Waals surface area contributed by atoms with E-state index in [0.717, 1.165) is 25.2 Å². The second-order valence-electron chi connectivity index (χ2n) is 4.94. The van der Waals surface area contributed by atoms with Crippen LogP contribution < -0.4 is 0 Å². The summed E-state index contributed by atoms with van der Waals surface area (Å²) in [6.07, 6.45) is 2.19. The second-order valence-corrected chi connectivity index (χ2v) is 4.94. The van der Waals surface area contributed by atoms with Crippen molar-refractivity contribution < 1.29 is 4.74 Å². The van der Waals surface area contributed by atoms with E-state index in [9.17, 15) is 0 Å². The minimum Gasteiger partial charge on any atom is -0.493 e. The maximum Gasteiger partial charge on any atom is 0.130 e. The molecule has 0 amide bonds. The zero-order valence-electron chi connectivity index (χ0n) is 11.2. The lowest BCUT2D eigenvalue weighted by atomic mass is 9.94. The highest BCUT2D eigenvalue weighted by atomic mass is 16.5. The van der Waals surface area contributed by atoms with Gasteiger partial charge in [0.05, 0.1) is 6.61 Å². The third kappa shape index (κ3) is 2.41. The molecule has 3 rings (SSSR count). The Balaban J connectivity index is 2.14. The maximum atomic E-state index is 5.99. The highest BCUT2D eigenvalue weighted by Gasteiger charge is 2.18. The highest BCUT2D eigenvalue weighted by molar-refractivity contribution is 5.88. The van der Waals surface area contributed by atoms with Gasteiger partial charge in [0.25, 0.3) is 0 Å². The minimum absolute atomic E-state index is 0.819. The van der Waals surface area contributed by atoms with E-state index >= 15 is 0 Å². The highest BCUT2D eigenvalue weighted by Crippen LogP contribution is 2.35. The Hall–Kier alpha value is -2.02. The number of aryl methyl sites for hydroxylation is 1. The first-order valence-electron chi connectivity index (χ1n) is 6.83. The van der Waals surface area contributed by atoms with Crippen LogP contribution in [-0.2, 0) is 4.74 Å². The van der Waals surface area contributed by atoms with E-state index in [2.05, 4.69) is 61.5 Å². The van der Waals surface area contributed by atoms with Crippen LogP contribution in [0.2, 0.25) is 0 Å². The number of rotatable bonds is 2. The molecule has 0 spiro atoms. The molecule has 96 valence electrons. The molecule has 1 heteroatoms. The van der Waals surface area contributed by atoms with Gasteiger partial charge >= 0.3 is 0 Å². The molecule has 0 atom stereocenters. The van der Waals surface area contributed by atoms with Crippen molar-refractivity contribution in [1.29, 1.82) is 0 Å². The Labute approximate surface area is 114 Å². The van der Waals surface area contributed by atoms with E-state index in [0.29, 0.717) is 0 Å². The van der Waals surface area contributed by atoms with Gasteiger partial charge in [0, 0.05) is 11.1 Å². The Morgan fingerprint density at radius 1 is 0.895 bits per heavy atom. The third-order valence-corrected chi connectivity index (χ3v) is 3.60. The predicted molar refractivity (Wildman–Crippen MR) is 79.6 cm³/mol. The Kier molecular flexibility index (Phi) is 3.37. The molecule has 1 heterocycles. The molecule has 0 N–H and O–H groups in total. The molecule has 19 heavy (non-hydrogen) atoms. The summed E-state index contributed by atoms with van der Waals surface area (Å²) in [6, 6.07) is 19.0. The molecule has 1 aliphatic rings. The molecule has 0 radical (unpaired) electrons. The van der Waals surface area contributed by atoms with Crippen LogP contribution in [0.3, 0.4) is 0 Å². The van der Waals surface area contributed by atoms with Crippen LogP contribution in [0, 0.1) is 6.92 Å². The summed E-state index contributed by atoms with van der Waals surface area (Å²) < 4.78 is 5.99. The molecule has 2 aromatic carbocycles. The van der Waals surface area contributed by atoms with E-state index in [1.165, 1.54) is 22.3 Å². The normalized spacial score (nSPS) is 15.2. The topological polar surface area (TPSA) is 9.23 Å². The van der Waals surface area contributed by atoms with Crippen molar-refractivity contribution in [3.8, 4) is 0 Å². The molecule has 2 aromatic rings. The Morgan fingerprint density at radius 3 is 2.42 bits per heavy atom. The van der Waals surface area contributed by atoms with Gasteiger partial charge in [-0.1, -0.05) is 54.6 Å². The van der Waals surface area contributed by atoms with Crippen LogP contribution in [0.4, 0.5) is 0 Å². The fraction of sp³-hybridized carbons (Fsp3) is 0.222. The number of hydrogen-bond donors (Lipinski definition) is 0. The van der Waals surface area contributed by atoms with Crippen LogP contribution in [0.15, 0.2) is 54.6 Å². The largest absolute Gasteiger partial charge is 0.493 e. The molecule has 0 unspecified atom stereocenters. The number of allylic oxidation sites excluding steroid dienone is 1. The standard InChI is InChI=1S/C18H18O/c1-14-8-5-6-11-16(14)18-17(12-7-13-19-18)15-9-3-2-4-10-15/h2-6,8-11H,7,12-13H2,1H3. The Bertz CT molecular complexity index is 596. The number of hydrogen-bond acceptors (Lipinski definition) is 1. The SMILES string of the molecule is Cc1ccccc1C1=C(c2ccccc2)CCCO1. The lowest BCUT2D eigenvalue weighted by molar-refractivity contribution is 0.262. The van der Waals surface area contributed by atoms with Gasteiger partial charge in [-0.15, -0.1) is 0 Å². The zero-order valence-corrected chi connectivity index (χ0v) is 11.2. The van der Waals surface area contributed by atoms with Crippen LogP contribution in [0.25, 0.3) is 11.3 Å². The van der Waals surface area contributed by atoms with E-state index in [1.807, 2.05) is 0 Å². The van der Waals surface area contributed by atoms with E-state index in [-0.39, 0.29) is 0 Å². The quantitative estimate of drug-likeness (QED) is 0.752. The van der Waals surface area contributed by atoms with Gasteiger partial charge < -0.3 is 4.74 Å². The van der Waals surface area contributed by atoms with Crippen LogP contribution in [0.1, 0.15) is 29.5 Å². The van der Waals surface area contributed by atoms with E-state index in [1.54, 1.807) is 0 Å². The Morgan fingerprint density at radius 2 is 1.63 bits per heavy atom. The first-order chi connectivity index (χ1) is 9.36. The van der Waals surface area contributed by atoms with Gasteiger partial charge in [-0.3, -0.25) is 0 Å². The predicted octanol–water partition coefficient (Wildman–Crippen LogP) is 4.67. The molecule has 0 aromatic heterocycles. The molecular formula is C18H18O. The first-order valence-corrected chi connectivity index (χ1v) is 6.83. The van der Waals surface area contributed by atoms with Crippen LogP contribution >= 0.6 is 0 Å². The van der Waals surface area contributed by atoms with Crippen LogP contribution in [-0.4, -0.2) is 6.61 Å². The van der Waals surface area contributed by atoms with Crippen molar-refractivity contribution in [3.05, 3.63) is 71.3 Å². The number of benzene rings is 2. The molecule has 0 bridgehead atoms. The number of ether oxygens (including phenoxy) is 1. The second kappa shape index (κ2) is 5.31. The third-order valence-electron chi connectivity index (χ3n) is 3.60. The summed E-state index contributed by atoms with van der Waals surface area (Å²) in [5.41, 5.74) is 5.11. The fourth-order valence-corrected chi connectivity index (χ4v) is 2.61. The van der Waals surface area contributed by atoms with E-state index < -0.39 is 0 Å². The molecule has 0 saturated carbocycles. The molecule has 0 saturated heterocycles. The minimum atomic E-state index is 0.819. The van der Waals surface area contributed by atoms with Gasteiger partial charge in [-0.2, -0.15) is 0 Å². The summed E-state index contributed by atoms with van der Waals surface area (Å²) in [7, 11) is 0. The molecule has 1 nitrogen and oxygen atoms in total. The molecule has 0 fully saturated rings.